The lowest BCUT2D eigenvalue weighted by Gasteiger charge is -2.09. The van der Waals surface area contributed by atoms with Crippen molar-refractivity contribution in [2.75, 3.05) is 0 Å². The van der Waals surface area contributed by atoms with Gasteiger partial charge < -0.3 is 10.5 Å². The molecule has 19 heavy (non-hydrogen) atoms. The van der Waals surface area contributed by atoms with E-state index in [0.717, 1.165) is 26.9 Å². The Balaban J connectivity index is 2.13. The van der Waals surface area contributed by atoms with Gasteiger partial charge in [0.15, 0.2) is 0 Å². The molecule has 0 aliphatic heterocycles. The largest absolute Gasteiger partial charge is 0.486 e. The number of benzene rings is 1. The maximum absolute atomic E-state index is 5.82. The molecule has 2 aromatic rings. The van der Waals surface area contributed by atoms with Crippen LogP contribution >= 0.6 is 23.6 Å². The number of nitrogens with zero attached hydrogens (tertiary/aromatic N) is 1. The van der Waals surface area contributed by atoms with E-state index in [1.807, 2.05) is 19.1 Å². The Labute approximate surface area is 122 Å². The molecule has 3 nitrogen and oxygen atoms in total. The van der Waals surface area contributed by atoms with Crippen LogP contribution in [-0.2, 0) is 6.61 Å². The molecular weight excluding hydrogens is 276 g/mol. The fourth-order valence-corrected chi connectivity index (χ4v) is 2.87. The second-order valence-electron chi connectivity index (χ2n) is 4.37. The lowest BCUT2D eigenvalue weighted by atomic mass is 10.1. The Hall–Kier alpha value is -1.46. The zero-order chi connectivity index (χ0) is 14.0. The Bertz CT molecular complexity index is 620. The van der Waals surface area contributed by atoms with Gasteiger partial charge in [0.1, 0.15) is 22.4 Å². The van der Waals surface area contributed by atoms with Gasteiger partial charge in [-0.15, -0.1) is 11.3 Å². The summed E-state index contributed by atoms with van der Waals surface area (Å²) in [4.78, 5) is 5.69. The summed E-state index contributed by atoms with van der Waals surface area (Å²) < 4.78 is 5.82. The topological polar surface area (TPSA) is 48.1 Å². The summed E-state index contributed by atoms with van der Waals surface area (Å²) >= 11 is 6.48. The van der Waals surface area contributed by atoms with E-state index in [1.54, 1.807) is 0 Å². The van der Waals surface area contributed by atoms with Gasteiger partial charge in [-0.05, 0) is 38.0 Å². The molecule has 0 saturated carbocycles. The smallest absolute Gasteiger partial charge is 0.140 e. The number of aryl methyl sites for hydroxylation is 2. The molecule has 1 aromatic carbocycles. The van der Waals surface area contributed by atoms with E-state index in [0.29, 0.717) is 11.6 Å². The van der Waals surface area contributed by atoms with E-state index in [2.05, 4.69) is 24.9 Å². The second kappa shape index (κ2) is 5.67. The number of nitrogens with two attached hydrogens (primary N) is 1. The molecule has 0 fully saturated rings. The lowest BCUT2D eigenvalue weighted by molar-refractivity contribution is 0.303. The van der Waals surface area contributed by atoms with Crippen molar-refractivity contribution in [1.82, 2.24) is 4.98 Å². The van der Waals surface area contributed by atoms with Gasteiger partial charge in [-0.3, -0.25) is 0 Å². The average Bonchev–Trinajstić information content (AvgIpc) is 2.73. The van der Waals surface area contributed by atoms with Crippen LogP contribution < -0.4 is 10.5 Å². The summed E-state index contributed by atoms with van der Waals surface area (Å²) in [7, 11) is 0. The first-order valence-corrected chi connectivity index (χ1v) is 7.16. The Morgan fingerprint density at radius 3 is 2.74 bits per heavy atom. The summed E-state index contributed by atoms with van der Waals surface area (Å²) in [6.45, 7) is 6.48. The van der Waals surface area contributed by atoms with Crippen LogP contribution in [0.3, 0.4) is 0 Å². The van der Waals surface area contributed by atoms with Crippen LogP contribution in [0.25, 0.3) is 0 Å². The summed E-state index contributed by atoms with van der Waals surface area (Å²) in [5, 5.41) is 0.890. The van der Waals surface area contributed by atoms with Gasteiger partial charge in [0, 0.05) is 0 Å². The van der Waals surface area contributed by atoms with Crippen LogP contribution in [-0.4, -0.2) is 9.97 Å². The highest BCUT2D eigenvalue weighted by Crippen LogP contribution is 2.23. The zero-order valence-electron chi connectivity index (χ0n) is 11.2. The molecule has 2 rings (SSSR count). The molecule has 1 aromatic heterocycles. The van der Waals surface area contributed by atoms with E-state index in [-0.39, 0.29) is 0 Å². The summed E-state index contributed by atoms with van der Waals surface area (Å²) in [6, 6.07) is 6.03. The van der Waals surface area contributed by atoms with Gasteiger partial charge >= 0.3 is 0 Å². The van der Waals surface area contributed by atoms with Gasteiger partial charge in [0.25, 0.3) is 0 Å². The quantitative estimate of drug-likeness (QED) is 0.879. The molecule has 0 atom stereocenters. The molecule has 0 aliphatic rings. The monoisotopic (exact) mass is 292 g/mol. The highest BCUT2D eigenvalue weighted by molar-refractivity contribution is 7.81. The van der Waals surface area contributed by atoms with E-state index >= 15 is 0 Å². The van der Waals surface area contributed by atoms with Crippen molar-refractivity contribution in [3.05, 3.63) is 44.9 Å². The minimum atomic E-state index is 0.396. The minimum absolute atomic E-state index is 0.396. The molecule has 0 radical (unpaired) electrons. The molecule has 100 valence electrons. The van der Waals surface area contributed by atoms with Crippen molar-refractivity contribution in [2.45, 2.75) is 27.4 Å². The third-order valence-corrected chi connectivity index (χ3v) is 4.47. The van der Waals surface area contributed by atoms with Gasteiger partial charge in [-0.2, -0.15) is 0 Å². The molecule has 5 heteroatoms. The number of hydrogen-bond acceptors (Lipinski definition) is 4. The summed E-state index contributed by atoms with van der Waals surface area (Å²) in [5.41, 5.74) is 8.89. The van der Waals surface area contributed by atoms with Crippen molar-refractivity contribution in [1.29, 1.82) is 0 Å². The lowest BCUT2D eigenvalue weighted by Crippen LogP contribution is -2.08. The van der Waals surface area contributed by atoms with E-state index in [1.165, 1.54) is 16.9 Å². The molecule has 0 aliphatic carbocycles. The molecule has 2 N–H and O–H groups in total. The van der Waals surface area contributed by atoms with Gasteiger partial charge in [0.2, 0.25) is 0 Å². The Morgan fingerprint density at radius 2 is 2.11 bits per heavy atom. The van der Waals surface area contributed by atoms with Crippen molar-refractivity contribution in [2.24, 2.45) is 5.73 Å². The van der Waals surface area contributed by atoms with Crippen molar-refractivity contribution in [3.8, 4) is 5.75 Å². The van der Waals surface area contributed by atoms with Gasteiger partial charge in [-0.25, -0.2) is 4.98 Å². The molecule has 0 spiro atoms. The average molecular weight is 292 g/mol. The first kappa shape index (κ1) is 14.0. The molecular formula is C14H16N2OS2. The van der Waals surface area contributed by atoms with Gasteiger partial charge in [-0.1, -0.05) is 24.4 Å². The van der Waals surface area contributed by atoms with Crippen molar-refractivity contribution < 1.29 is 4.74 Å². The molecule has 0 unspecified atom stereocenters. The second-order valence-corrected chi connectivity index (χ2v) is 5.90. The van der Waals surface area contributed by atoms with Gasteiger partial charge in [0.05, 0.1) is 10.6 Å². The third kappa shape index (κ3) is 3.11. The van der Waals surface area contributed by atoms with Crippen molar-refractivity contribution in [3.63, 3.8) is 0 Å². The third-order valence-electron chi connectivity index (χ3n) is 2.97. The molecule has 0 amide bonds. The van der Waals surface area contributed by atoms with E-state index in [4.69, 9.17) is 22.7 Å². The highest BCUT2D eigenvalue weighted by Gasteiger charge is 2.10. The maximum atomic E-state index is 5.82. The summed E-state index contributed by atoms with van der Waals surface area (Å²) in [6.07, 6.45) is 0. The minimum Gasteiger partial charge on any atom is -0.486 e. The van der Waals surface area contributed by atoms with Crippen LogP contribution in [0.5, 0.6) is 5.75 Å². The standard InChI is InChI=1S/C14H16N2OS2/c1-8-5-4-6-11(9(8)2)17-7-12-16-10(3)13(19-12)14(15)18/h4-6H,7H2,1-3H3,(H2,15,18). The molecule has 0 bridgehead atoms. The van der Waals surface area contributed by atoms with E-state index in [9.17, 15) is 0 Å². The first-order valence-electron chi connectivity index (χ1n) is 5.94. The number of ether oxygens (including phenoxy) is 1. The predicted octanol–water partition coefficient (Wildman–Crippen LogP) is 3.28. The Kier molecular flexibility index (Phi) is 4.17. The van der Waals surface area contributed by atoms with Crippen LogP contribution in [0.1, 0.15) is 26.7 Å². The number of thiazole rings is 1. The number of hydrogen-bond donors (Lipinski definition) is 1. The number of aromatic nitrogens is 1. The van der Waals surface area contributed by atoms with Crippen LogP contribution in [0.2, 0.25) is 0 Å². The number of rotatable bonds is 4. The zero-order valence-corrected chi connectivity index (χ0v) is 12.8. The first-order chi connectivity index (χ1) is 8.99. The normalized spacial score (nSPS) is 10.5. The van der Waals surface area contributed by atoms with Crippen LogP contribution in [0.4, 0.5) is 0 Å². The fourth-order valence-electron chi connectivity index (χ4n) is 1.76. The highest BCUT2D eigenvalue weighted by atomic mass is 32.1. The Morgan fingerprint density at radius 1 is 1.37 bits per heavy atom. The van der Waals surface area contributed by atoms with Crippen molar-refractivity contribution >= 4 is 28.5 Å². The number of thiocarbonyl (C=S) groups is 1. The predicted molar refractivity (Wildman–Crippen MR) is 83.0 cm³/mol. The molecule has 0 saturated heterocycles. The van der Waals surface area contributed by atoms with Crippen LogP contribution in [0, 0.1) is 20.8 Å². The van der Waals surface area contributed by atoms with Crippen LogP contribution in [0.15, 0.2) is 18.2 Å². The fraction of sp³-hybridized carbons (Fsp3) is 0.286. The van der Waals surface area contributed by atoms with E-state index < -0.39 is 0 Å². The maximum Gasteiger partial charge on any atom is 0.140 e. The summed E-state index contributed by atoms with van der Waals surface area (Å²) in [5.74, 6) is 0.893. The molecule has 1 heterocycles. The SMILES string of the molecule is Cc1cccc(OCc2nc(C)c(C(N)=S)s2)c1C.